The molecule has 0 aliphatic rings. The summed E-state index contributed by atoms with van der Waals surface area (Å²) >= 11 is 0. The van der Waals surface area contributed by atoms with Crippen molar-refractivity contribution in [2.45, 2.75) is 310 Å². The van der Waals surface area contributed by atoms with Crippen LogP contribution in [-0.2, 0) is 28.6 Å². The van der Waals surface area contributed by atoms with E-state index < -0.39 is 6.10 Å². The molecule has 0 aromatic heterocycles. The summed E-state index contributed by atoms with van der Waals surface area (Å²) in [6.07, 6.45) is 50.9. The molecule has 0 aliphatic carbocycles. The summed E-state index contributed by atoms with van der Waals surface area (Å²) in [4.78, 5) is 37.9. The molecule has 0 spiro atoms. The topological polar surface area (TPSA) is 78.9 Å². The van der Waals surface area contributed by atoms with E-state index in [4.69, 9.17) is 14.2 Å². The summed E-state index contributed by atoms with van der Waals surface area (Å²) in [6, 6.07) is 0. The Morgan fingerprint density at radius 3 is 0.817 bits per heavy atom. The zero-order valence-corrected chi connectivity index (χ0v) is 40.9. The number of ether oxygens (including phenoxy) is 3. The molecule has 60 heavy (non-hydrogen) atoms. The van der Waals surface area contributed by atoms with Gasteiger partial charge in [0.25, 0.3) is 0 Å². The van der Waals surface area contributed by atoms with Gasteiger partial charge in [0.05, 0.1) is 0 Å². The molecule has 0 N–H and O–H groups in total. The average molecular weight is 849 g/mol. The van der Waals surface area contributed by atoms with E-state index in [0.717, 1.165) is 63.7 Å². The van der Waals surface area contributed by atoms with Crippen molar-refractivity contribution in [2.24, 2.45) is 5.92 Å². The first kappa shape index (κ1) is 58.4. The molecule has 356 valence electrons. The van der Waals surface area contributed by atoms with Gasteiger partial charge >= 0.3 is 17.9 Å². The first-order chi connectivity index (χ1) is 29.4. The highest BCUT2D eigenvalue weighted by Crippen LogP contribution is 2.17. The number of esters is 3. The van der Waals surface area contributed by atoms with Crippen LogP contribution in [0.5, 0.6) is 0 Å². The molecule has 0 amide bonds. The van der Waals surface area contributed by atoms with Gasteiger partial charge in [0, 0.05) is 19.3 Å². The minimum absolute atomic E-state index is 0.0625. The van der Waals surface area contributed by atoms with Crippen LogP contribution in [-0.4, -0.2) is 37.2 Å². The second kappa shape index (κ2) is 48.4. The van der Waals surface area contributed by atoms with E-state index in [0.29, 0.717) is 19.3 Å². The Hall–Kier alpha value is -1.59. The molecule has 0 unspecified atom stereocenters. The summed E-state index contributed by atoms with van der Waals surface area (Å²) < 4.78 is 16.8. The van der Waals surface area contributed by atoms with Crippen LogP contribution in [0.4, 0.5) is 0 Å². The van der Waals surface area contributed by atoms with E-state index in [-0.39, 0.29) is 31.1 Å². The zero-order chi connectivity index (χ0) is 43.8. The summed E-state index contributed by atoms with van der Waals surface area (Å²) in [6.45, 7) is 9.03. The molecule has 6 nitrogen and oxygen atoms in total. The third-order valence-electron chi connectivity index (χ3n) is 12.3. The van der Waals surface area contributed by atoms with E-state index in [2.05, 4.69) is 27.7 Å². The molecule has 6 heteroatoms. The second-order valence-electron chi connectivity index (χ2n) is 19.0. The molecule has 1 atom stereocenters. The zero-order valence-electron chi connectivity index (χ0n) is 40.9. The fourth-order valence-corrected chi connectivity index (χ4v) is 8.22. The SMILES string of the molecule is CCCCCCCCCCCCCCCCCCC(=O)O[C@H](COC(=O)CCCCCCCCCCCC)COC(=O)CCCCCCCCCCCCCCCC(C)C. The van der Waals surface area contributed by atoms with Crippen LogP contribution in [0.3, 0.4) is 0 Å². The number of hydrogen-bond donors (Lipinski definition) is 0. The van der Waals surface area contributed by atoms with Crippen molar-refractivity contribution in [2.75, 3.05) is 13.2 Å². The van der Waals surface area contributed by atoms with Crippen LogP contribution in [0.2, 0.25) is 0 Å². The highest BCUT2D eigenvalue weighted by molar-refractivity contribution is 5.71. The number of hydrogen-bond acceptors (Lipinski definition) is 6. The van der Waals surface area contributed by atoms with Gasteiger partial charge in [0.1, 0.15) is 13.2 Å². The number of rotatable bonds is 49. The Balaban J connectivity index is 4.27. The number of carbonyl (C=O) groups excluding carboxylic acids is 3. The number of carbonyl (C=O) groups is 3. The highest BCUT2D eigenvalue weighted by atomic mass is 16.6. The predicted octanol–water partition coefficient (Wildman–Crippen LogP) is 17.5. The first-order valence-electron chi connectivity index (χ1n) is 26.9. The fourth-order valence-electron chi connectivity index (χ4n) is 8.22. The summed E-state index contributed by atoms with van der Waals surface area (Å²) in [5, 5.41) is 0. The van der Waals surface area contributed by atoms with Gasteiger partial charge in [0.15, 0.2) is 6.10 Å². The maximum Gasteiger partial charge on any atom is 0.306 e. The third-order valence-corrected chi connectivity index (χ3v) is 12.3. The minimum Gasteiger partial charge on any atom is -0.462 e. The lowest BCUT2D eigenvalue weighted by molar-refractivity contribution is -0.167. The van der Waals surface area contributed by atoms with Crippen molar-refractivity contribution in [1.29, 1.82) is 0 Å². The lowest BCUT2D eigenvalue weighted by Gasteiger charge is -2.18. The second-order valence-corrected chi connectivity index (χ2v) is 19.0. The molecule has 0 heterocycles. The van der Waals surface area contributed by atoms with E-state index >= 15 is 0 Å². The quantitative estimate of drug-likeness (QED) is 0.0345. The average Bonchev–Trinajstić information content (AvgIpc) is 3.23. The van der Waals surface area contributed by atoms with Crippen LogP contribution in [0.15, 0.2) is 0 Å². The Morgan fingerprint density at radius 1 is 0.317 bits per heavy atom. The van der Waals surface area contributed by atoms with Crippen LogP contribution in [0, 0.1) is 5.92 Å². The lowest BCUT2D eigenvalue weighted by atomic mass is 10.0. The maximum atomic E-state index is 12.8. The lowest BCUT2D eigenvalue weighted by Crippen LogP contribution is -2.30. The van der Waals surface area contributed by atoms with E-state index in [1.807, 2.05) is 0 Å². The molecule has 0 saturated heterocycles. The van der Waals surface area contributed by atoms with Crippen molar-refractivity contribution in [1.82, 2.24) is 0 Å². The van der Waals surface area contributed by atoms with Crippen molar-refractivity contribution in [3.05, 3.63) is 0 Å². The molecule has 0 aliphatic heterocycles. The van der Waals surface area contributed by atoms with Crippen molar-refractivity contribution in [3.8, 4) is 0 Å². The van der Waals surface area contributed by atoms with Crippen LogP contribution in [0.25, 0.3) is 0 Å². The van der Waals surface area contributed by atoms with Gasteiger partial charge in [-0.2, -0.15) is 0 Å². The van der Waals surface area contributed by atoms with Gasteiger partial charge in [-0.25, -0.2) is 0 Å². The predicted molar refractivity (Wildman–Crippen MR) is 257 cm³/mol. The molecule has 0 aromatic rings. The highest BCUT2D eigenvalue weighted by Gasteiger charge is 2.19. The maximum absolute atomic E-state index is 12.8. The molecule has 0 radical (unpaired) electrons. The molecule has 0 aromatic carbocycles. The van der Waals surface area contributed by atoms with E-state index in [1.165, 1.54) is 199 Å². The standard InChI is InChI=1S/C54H104O6/c1-5-7-9-11-13-15-17-18-19-20-23-27-31-35-39-43-47-54(57)60-51(48-58-52(55)45-41-37-33-29-16-14-12-10-8-6-2)49-59-53(56)46-42-38-34-30-26-24-21-22-25-28-32-36-40-44-50(3)4/h50-51H,5-49H2,1-4H3/t51-/m1/s1. The summed E-state index contributed by atoms with van der Waals surface area (Å²) in [7, 11) is 0. The van der Waals surface area contributed by atoms with Crippen LogP contribution in [0.1, 0.15) is 304 Å². The summed E-state index contributed by atoms with van der Waals surface area (Å²) in [5.41, 5.74) is 0. The fraction of sp³-hybridized carbons (Fsp3) is 0.944. The molecule has 0 bridgehead atoms. The molecule has 0 saturated carbocycles. The normalized spacial score (nSPS) is 11.9. The smallest absolute Gasteiger partial charge is 0.306 e. The Bertz CT molecular complexity index is 903. The van der Waals surface area contributed by atoms with Gasteiger partial charge in [0.2, 0.25) is 0 Å². The molecule has 0 fully saturated rings. The van der Waals surface area contributed by atoms with Crippen molar-refractivity contribution in [3.63, 3.8) is 0 Å². The Labute approximate surface area is 374 Å². The van der Waals surface area contributed by atoms with Gasteiger partial charge in [-0.1, -0.05) is 265 Å². The third kappa shape index (κ3) is 47.5. The first-order valence-corrected chi connectivity index (χ1v) is 26.9. The van der Waals surface area contributed by atoms with Crippen molar-refractivity contribution < 1.29 is 28.6 Å². The van der Waals surface area contributed by atoms with E-state index in [9.17, 15) is 14.4 Å². The largest absolute Gasteiger partial charge is 0.462 e. The van der Waals surface area contributed by atoms with Gasteiger partial charge in [-0.15, -0.1) is 0 Å². The van der Waals surface area contributed by atoms with E-state index in [1.54, 1.807) is 0 Å². The monoisotopic (exact) mass is 849 g/mol. The minimum atomic E-state index is -0.760. The Kier molecular flexibility index (Phi) is 47.2. The molecule has 0 rings (SSSR count). The summed E-state index contributed by atoms with van der Waals surface area (Å²) in [5.74, 6) is -0.00264. The Morgan fingerprint density at radius 2 is 0.550 bits per heavy atom. The van der Waals surface area contributed by atoms with Crippen molar-refractivity contribution >= 4 is 17.9 Å². The molecular formula is C54H104O6. The van der Waals surface area contributed by atoms with Crippen LogP contribution < -0.4 is 0 Å². The van der Waals surface area contributed by atoms with Gasteiger partial charge < -0.3 is 14.2 Å². The van der Waals surface area contributed by atoms with Gasteiger partial charge in [-0.05, 0) is 25.2 Å². The van der Waals surface area contributed by atoms with Gasteiger partial charge in [-0.3, -0.25) is 14.4 Å². The molecular weight excluding hydrogens is 745 g/mol. The van der Waals surface area contributed by atoms with Crippen LogP contribution >= 0.6 is 0 Å². The number of unbranched alkanes of at least 4 members (excludes halogenated alkanes) is 36.